The molecule has 2 aromatic rings. The monoisotopic (exact) mass is 407 g/mol. The van der Waals surface area contributed by atoms with Gasteiger partial charge in [-0.1, -0.05) is 30.3 Å². The highest BCUT2D eigenvalue weighted by Crippen LogP contribution is 2.20. The van der Waals surface area contributed by atoms with Crippen molar-refractivity contribution in [3.63, 3.8) is 0 Å². The number of nitrogens with one attached hydrogen (secondary N) is 1. The molecule has 0 aliphatic heterocycles. The quantitative estimate of drug-likeness (QED) is 0.713. The molecule has 0 spiro atoms. The van der Waals surface area contributed by atoms with Crippen LogP contribution in [0.1, 0.15) is 42.2 Å². The number of hydrogen-bond acceptors (Lipinski definition) is 5. The number of hydrogen-bond donors (Lipinski definition) is 1. The van der Waals surface area contributed by atoms with E-state index in [0.717, 1.165) is 18.4 Å². The summed E-state index contributed by atoms with van der Waals surface area (Å²) >= 11 is 0. The van der Waals surface area contributed by atoms with Gasteiger partial charge in [-0.2, -0.15) is 0 Å². The van der Waals surface area contributed by atoms with Crippen LogP contribution >= 0.6 is 0 Å². The Hall–Kier alpha value is -2.74. The van der Waals surface area contributed by atoms with E-state index in [-0.39, 0.29) is 18.1 Å². The van der Waals surface area contributed by atoms with Crippen LogP contribution in [-0.2, 0) is 19.4 Å². The number of halogens is 1. The predicted octanol–water partition coefficient (Wildman–Crippen LogP) is 3.04. The summed E-state index contributed by atoms with van der Waals surface area (Å²) in [5.74, 6) is -2.05. The normalized spacial score (nSPS) is 12.5. The van der Waals surface area contributed by atoms with Crippen molar-refractivity contribution >= 4 is 21.7 Å². The van der Waals surface area contributed by atoms with E-state index in [4.69, 9.17) is 4.74 Å². The largest absolute Gasteiger partial charge is 0.463 e. The highest BCUT2D eigenvalue weighted by atomic mass is 32.2. The second-order valence-electron chi connectivity index (χ2n) is 6.60. The molecule has 2 aromatic carbocycles. The van der Waals surface area contributed by atoms with Gasteiger partial charge in [0, 0.05) is 11.8 Å². The molecule has 1 amide bonds. The number of esters is 1. The van der Waals surface area contributed by atoms with E-state index in [1.807, 2.05) is 0 Å². The van der Waals surface area contributed by atoms with Crippen LogP contribution in [0, 0.1) is 5.82 Å². The van der Waals surface area contributed by atoms with Crippen LogP contribution in [0.25, 0.3) is 0 Å². The molecule has 0 saturated carbocycles. The molecule has 0 fully saturated rings. The van der Waals surface area contributed by atoms with Crippen LogP contribution in [0.2, 0.25) is 0 Å². The van der Waals surface area contributed by atoms with Gasteiger partial charge in [0.2, 0.25) is 0 Å². The molecule has 1 unspecified atom stereocenters. The second kappa shape index (κ2) is 8.97. The Kier molecular flexibility index (Phi) is 6.90. The molecule has 0 aromatic heterocycles. The third-order valence-electron chi connectivity index (χ3n) is 3.84. The SMILES string of the molecule is CC(C)OC(=O)CC(NC(=O)c1ccc(F)c(S(C)(=O)=O)c1)c1ccccc1. The number of sulfone groups is 1. The number of benzene rings is 2. The highest BCUT2D eigenvalue weighted by Gasteiger charge is 2.22. The molecule has 0 aliphatic carbocycles. The number of carbonyl (C=O) groups excluding carboxylic acids is 2. The maximum absolute atomic E-state index is 13.8. The Morgan fingerprint density at radius 3 is 2.32 bits per heavy atom. The minimum atomic E-state index is -3.83. The number of ether oxygens (including phenoxy) is 1. The van der Waals surface area contributed by atoms with Gasteiger partial charge < -0.3 is 10.1 Å². The summed E-state index contributed by atoms with van der Waals surface area (Å²) in [6.07, 6.45) is 0.463. The lowest BCUT2D eigenvalue weighted by atomic mass is 10.0. The first-order valence-electron chi connectivity index (χ1n) is 8.63. The van der Waals surface area contributed by atoms with Crippen LogP contribution < -0.4 is 5.32 Å². The van der Waals surface area contributed by atoms with E-state index in [1.165, 1.54) is 6.07 Å². The Balaban J connectivity index is 2.29. The second-order valence-corrected chi connectivity index (χ2v) is 8.58. The summed E-state index contributed by atoms with van der Waals surface area (Å²) in [5, 5.41) is 2.69. The van der Waals surface area contributed by atoms with Crippen LogP contribution in [0.4, 0.5) is 4.39 Å². The molecule has 28 heavy (non-hydrogen) atoms. The Morgan fingerprint density at radius 1 is 1.11 bits per heavy atom. The molecular weight excluding hydrogens is 385 g/mol. The lowest BCUT2D eigenvalue weighted by molar-refractivity contribution is -0.147. The first-order chi connectivity index (χ1) is 13.1. The molecule has 150 valence electrons. The van der Waals surface area contributed by atoms with Crippen molar-refractivity contribution in [3.05, 3.63) is 65.5 Å². The molecule has 0 radical (unpaired) electrons. The van der Waals surface area contributed by atoms with Gasteiger partial charge in [0.25, 0.3) is 5.91 Å². The Morgan fingerprint density at radius 2 is 1.75 bits per heavy atom. The molecule has 0 aliphatic rings. The smallest absolute Gasteiger partial charge is 0.308 e. The lowest BCUT2D eigenvalue weighted by Gasteiger charge is -2.19. The number of rotatable bonds is 7. The average molecular weight is 407 g/mol. The standard InChI is InChI=1S/C20H22FNO5S/c1-13(2)27-19(23)12-17(14-7-5-4-6-8-14)22-20(24)15-9-10-16(21)18(11-15)28(3,25)26/h4-11,13,17H,12H2,1-3H3,(H,22,24). The fourth-order valence-corrected chi connectivity index (χ4v) is 3.35. The number of carbonyl (C=O) groups is 2. The fraction of sp³-hybridized carbons (Fsp3) is 0.300. The third-order valence-corrected chi connectivity index (χ3v) is 4.95. The van der Waals surface area contributed by atoms with E-state index in [1.54, 1.807) is 44.2 Å². The van der Waals surface area contributed by atoms with Crippen molar-refractivity contribution in [1.82, 2.24) is 5.32 Å². The Labute approximate surface area is 163 Å². The van der Waals surface area contributed by atoms with Gasteiger partial charge in [-0.3, -0.25) is 9.59 Å². The zero-order chi connectivity index (χ0) is 20.9. The topological polar surface area (TPSA) is 89.5 Å². The van der Waals surface area contributed by atoms with Gasteiger partial charge in [-0.25, -0.2) is 12.8 Å². The van der Waals surface area contributed by atoms with Crippen LogP contribution in [0.3, 0.4) is 0 Å². The van der Waals surface area contributed by atoms with Crippen LogP contribution in [0.5, 0.6) is 0 Å². The molecule has 0 heterocycles. The van der Waals surface area contributed by atoms with E-state index < -0.39 is 38.5 Å². The summed E-state index contributed by atoms with van der Waals surface area (Å²) in [4.78, 5) is 24.2. The number of amides is 1. The summed E-state index contributed by atoms with van der Waals surface area (Å²) in [6.45, 7) is 3.44. The van der Waals surface area contributed by atoms with Gasteiger partial charge >= 0.3 is 5.97 Å². The Bertz CT molecular complexity index is 958. The third kappa shape index (κ3) is 5.88. The minimum absolute atomic E-state index is 0.0278. The van der Waals surface area contributed by atoms with E-state index in [0.29, 0.717) is 5.56 Å². The molecule has 1 atom stereocenters. The zero-order valence-electron chi connectivity index (χ0n) is 15.8. The summed E-state index contributed by atoms with van der Waals surface area (Å²) < 4.78 is 42.3. The minimum Gasteiger partial charge on any atom is -0.463 e. The van der Waals surface area contributed by atoms with Gasteiger partial charge in [0.15, 0.2) is 9.84 Å². The van der Waals surface area contributed by atoms with E-state index in [9.17, 15) is 22.4 Å². The summed E-state index contributed by atoms with van der Waals surface area (Å²) in [7, 11) is -3.83. The molecular formula is C20H22FNO5S. The van der Waals surface area contributed by atoms with Crippen molar-refractivity contribution in [3.8, 4) is 0 Å². The summed E-state index contributed by atoms with van der Waals surface area (Å²) in [5.41, 5.74) is 0.655. The maximum atomic E-state index is 13.8. The van der Waals surface area contributed by atoms with Crippen molar-refractivity contribution in [2.24, 2.45) is 0 Å². The van der Waals surface area contributed by atoms with Crippen LogP contribution in [-0.4, -0.2) is 32.7 Å². The predicted molar refractivity (Wildman–Crippen MR) is 102 cm³/mol. The van der Waals surface area contributed by atoms with E-state index >= 15 is 0 Å². The summed E-state index contributed by atoms with van der Waals surface area (Å²) in [6, 6.07) is 11.2. The zero-order valence-corrected chi connectivity index (χ0v) is 16.6. The van der Waals surface area contributed by atoms with Gasteiger partial charge in [0.05, 0.1) is 18.6 Å². The lowest BCUT2D eigenvalue weighted by Crippen LogP contribution is -2.31. The van der Waals surface area contributed by atoms with Crippen molar-refractivity contribution < 1.29 is 27.1 Å². The van der Waals surface area contributed by atoms with Crippen molar-refractivity contribution in [1.29, 1.82) is 0 Å². The molecule has 0 saturated heterocycles. The van der Waals surface area contributed by atoms with Crippen LogP contribution in [0.15, 0.2) is 53.4 Å². The van der Waals surface area contributed by atoms with Crippen molar-refractivity contribution in [2.75, 3.05) is 6.26 Å². The molecule has 8 heteroatoms. The average Bonchev–Trinajstić information content (AvgIpc) is 2.60. The maximum Gasteiger partial charge on any atom is 0.308 e. The first-order valence-corrected chi connectivity index (χ1v) is 10.5. The highest BCUT2D eigenvalue weighted by molar-refractivity contribution is 7.90. The fourth-order valence-electron chi connectivity index (χ4n) is 2.59. The van der Waals surface area contributed by atoms with Crippen molar-refractivity contribution in [2.45, 2.75) is 37.3 Å². The molecule has 6 nitrogen and oxygen atoms in total. The van der Waals surface area contributed by atoms with Gasteiger partial charge in [-0.05, 0) is 37.6 Å². The molecule has 2 rings (SSSR count). The van der Waals surface area contributed by atoms with Gasteiger partial charge in [-0.15, -0.1) is 0 Å². The van der Waals surface area contributed by atoms with E-state index in [2.05, 4.69) is 5.32 Å². The van der Waals surface area contributed by atoms with Gasteiger partial charge in [0.1, 0.15) is 10.7 Å². The molecule has 0 bridgehead atoms. The first kappa shape index (κ1) is 21.6. The molecule has 1 N–H and O–H groups in total.